The van der Waals surface area contributed by atoms with Crippen molar-refractivity contribution in [2.45, 2.75) is 0 Å². The molecule has 0 bridgehead atoms. The van der Waals surface area contributed by atoms with Crippen molar-refractivity contribution in [1.29, 1.82) is 5.39 Å². The van der Waals surface area contributed by atoms with Crippen molar-refractivity contribution >= 4 is 16.5 Å². The Morgan fingerprint density at radius 2 is 2.00 bits per heavy atom. The number of rotatable bonds is 0. The zero-order chi connectivity index (χ0) is 8.39. The number of diazo groups is 1. The normalized spacial score (nSPS) is 9.58. The topological polar surface area (TPSA) is 28.1 Å². The van der Waals surface area contributed by atoms with Crippen molar-refractivity contribution < 1.29 is 0 Å². The van der Waals surface area contributed by atoms with Gasteiger partial charge in [0.15, 0.2) is 4.98 Å². The molecule has 55 valence electrons. The quantitative estimate of drug-likeness (QED) is 0.536. The van der Waals surface area contributed by atoms with Crippen LogP contribution in [0.15, 0.2) is 36.4 Å². The van der Waals surface area contributed by atoms with E-state index in [1.54, 1.807) is 6.07 Å². The summed E-state index contributed by atoms with van der Waals surface area (Å²) in [6, 6.07) is 14.3. The van der Waals surface area contributed by atoms with Gasteiger partial charge in [-0.25, -0.2) is 0 Å². The molecular formula is C10H6N2+. The lowest BCUT2D eigenvalue weighted by Gasteiger charge is -1.90. The molecule has 0 fully saturated rings. The van der Waals surface area contributed by atoms with Crippen molar-refractivity contribution in [3.8, 4) is 0 Å². The maximum Gasteiger partial charge on any atom is 0.400 e. The van der Waals surface area contributed by atoms with Gasteiger partial charge in [-0.15, -0.1) is 0 Å². The van der Waals surface area contributed by atoms with Crippen LogP contribution in [0.25, 0.3) is 15.7 Å². The van der Waals surface area contributed by atoms with Crippen LogP contribution in [0.1, 0.15) is 0 Å². The Morgan fingerprint density at radius 1 is 1.17 bits per heavy atom. The maximum atomic E-state index is 8.63. The zero-order valence-electron chi connectivity index (χ0n) is 6.36. The van der Waals surface area contributed by atoms with Gasteiger partial charge in [-0.05, 0) is 17.5 Å². The lowest BCUT2D eigenvalue weighted by Crippen LogP contribution is -1.70. The summed E-state index contributed by atoms with van der Waals surface area (Å²) in [6.07, 6.45) is 0. The first-order chi connectivity index (χ1) is 5.92. The first-order valence-corrected chi connectivity index (χ1v) is 3.66. The van der Waals surface area contributed by atoms with Crippen LogP contribution < -0.4 is 0 Å². The van der Waals surface area contributed by atoms with E-state index in [1.165, 1.54) is 0 Å². The summed E-state index contributed by atoms with van der Waals surface area (Å²) in [4.78, 5) is 3.14. The summed E-state index contributed by atoms with van der Waals surface area (Å²) < 4.78 is 0. The molecule has 0 atom stereocenters. The van der Waals surface area contributed by atoms with E-state index in [2.05, 4.69) is 11.0 Å². The predicted molar refractivity (Wildman–Crippen MR) is 47.5 cm³/mol. The molecule has 1 radical (unpaired) electrons. The highest BCUT2D eigenvalue weighted by molar-refractivity contribution is 5.93. The van der Waals surface area contributed by atoms with Gasteiger partial charge < -0.3 is 0 Å². The minimum absolute atomic E-state index is 0.494. The predicted octanol–water partition coefficient (Wildman–Crippen LogP) is 3.12. The number of hydrogen-bond donors (Lipinski definition) is 0. The van der Waals surface area contributed by atoms with Crippen molar-refractivity contribution in [2.24, 2.45) is 0 Å². The standard InChI is InChI=1S/C10H6N2/c11-12-10-7-3-5-8-4-1-2-6-9(8)10/h1-6H/q+1. The van der Waals surface area contributed by atoms with Crippen LogP contribution in [0.3, 0.4) is 0 Å². The Hall–Kier alpha value is -1.88. The third kappa shape index (κ3) is 0.923. The maximum absolute atomic E-state index is 8.63. The molecule has 0 saturated heterocycles. The highest BCUT2D eigenvalue weighted by Gasteiger charge is 2.08. The molecule has 0 aromatic heterocycles. The zero-order valence-corrected chi connectivity index (χ0v) is 6.36. The van der Waals surface area contributed by atoms with E-state index >= 15 is 0 Å². The molecule has 0 aliphatic carbocycles. The van der Waals surface area contributed by atoms with Gasteiger partial charge in [0.1, 0.15) is 0 Å². The second-order valence-electron chi connectivity index (χ2n) is 2.51. The van der Waals surface area contributed by atoms with Crippen LogP contribution in [-0.2, 0) is 0 Å². The molecule has 2 aromatic carbocycles. The molecule has 12 heavy (non-hydrogen) atoms. The van der Waals surface area contributed by atoms with Crippen molar-refractivity contribution in [3.63, 3.8) is 0 Å². The van der Waals surface area contributed by atoms with Gasteiger partial charge in [0.05, 0.1) is 11.5 Å². The first kappa shape index (κ1) is 6.81. The van der Waals surface area contributed by atoms with Crippen LogP contribution in [0.2, 0.25) is 0 Å². The van der Waals surface area contributed by atoms with Gasteiger partial charge in [0, 0.05) is 0 Å². The van der Waals surface area contributed by atoms with E-state index in [0.29, 0.717) is 5.69 Å². The number of hydrogen-bond acceptors (Lipinski definition) is 1. The minimum atomic E-state index is 0.494. The Balaban J connectivity index is 2.91. The van der Waals surface area contributed by atoms with E-state index in [4.69, 9.17) is 5.39 Å². The van der Waals surface area contributed by atoms with E-state index in [1.807, 2.05) is 30.3 Å². The van der Waals surface area contributed by atoms with Gasteiger partial charge in [0.2, 0.25) is 5.39 Å². The van der Waals surface area contributed by atoms with E-state index < -0.39 is 0 Å². The Morgan fingerprint density at radius 3 is 2.83 bits per heavy atom. The minimum Gasteiger partial charge on any atom is -0.0616 e. The molecule has 0 N–H and O–H groups in total. The highest BCUT2D eigenvalue weighted by Crippen LogP contribution is 2.24. The fraction of sp³-hybridized carbons (Fsp3) is 0. The molecule has 2 rings (SSSR count). The van der Waals surface area contributed by atoms with Crippen molar-refractivity contribution in [1.82, 2.24) is 0 Å². The molecule has 0 heterocycles. The van der Waals surface area contributed by atoms with E-state index in [-0.39, 0.29) is 0 Å². The first-order valence-electron chi connectivity index (χ1n) is 3.66. The molecule has 2 aromatic rings. The summed E-state index contributed by atoms with van der Waals surface area (Å²) in [5, 5.41) is 10.6. The smallest absolute Gasteiger partial charge is 0.0616 e. The number of benzene rings is 2. The second-order valence-corrected chi connectivity index (χ2v) is 2.51. The fourth-order valence-corrected chi connectivity index (χ4v) is 1.23. The Bertz CT molecular complexity index is 449. The summed E-state index contributed by atoms with van der Waals surface area (Å²) in [7, 11) is 0. The monoisotopic (exact) mass is 154 g/mol. The van der Waals surface area contributed by atoms with Crippen molar-refractivity contribution in [3.05, 3.63) is 47.4 Å². The van der Waals surface area contributed by atoms with Crippen LogP contribution in [-0.4, -0.2) is 0 Å². The Labute approximate surface area is 70.1 Å². The van der Waals surface area contributed by atoms with E-state index in [9.17, 15) is 0 Å². The van der Waals surface area contributed by atoms with Crippen LogP contribution in [0.5, 0.6) is 0 Å². The summed E-state index contributed by atoms with van der Waals surface area (Å²) in [6.45, 7) is 0. The molecular weight excluding hydrogens is 148 g/mol. The average Bonchev–Trinajstić information content (AvgIpc) is 2.17. The van der Waals surface area contributed by atoms with Gasteiger partial charge in [0.25, 0.3) is 0 Å². The lowest BCUT2D eigenvalue weighted by molar-refractivity contribution is 1.47. The number of fused-ring (bicyclic) bond motifs is 1. The Kier molecular flexibility index (Phi) is 1.49. The van der Waals surface area contributed by atoms with Crippen LogP contribution in [0, 0.1) is 11.5 Å². The largest absolute Gasteiger partial charge is 0.400 e. The molecule has 0 unspecified atom stereocenters. The molecule has 0 aliphatic rings. The molecule has 2 nitrogen and oxygen atoms in total. The summed E-state index contributed by atoms with van der Waals surface area (Å²) in [5.74, 6) is 0. The molecule has 0 aliphatic heterocycles. The highest BCUT2D eigenvalue weighted by atomic mass is 14.8. The fourth-order valence-electron chi connectivity index (χ4n) is 1.23. The molecule has 0 saturated carbocycles. The van der Waals surface area contributed by atoms with Gasteiger partial charge >= 0.3 is 5.69 Å². The van der Waals surface area contributed by atoms with Crippen LogP contribution >= 0.6 is 0 Å². The summed E-state index contributed by atoms with van der Waals surface area (Å²) >= 11 is 0. The van der Waals surface area contributed by atoms with Gasteiger partial charge in [-0.3, -0.25) is 0 Å². The van der Waals surface area contributed by atoms with Gasteiger partial charge in [-0.2, -0.15) is 0 Å². The molecule has 2 heteroatoms. The average molecular weight is 154 g/mol. The molecule has 0 amide bonds. The van der Waals surface area contributed by atoms with Crippen LogP contribution in [0.4, 0.5) is 5.69 Å². The van der Waals surface area contributed by atoms with Crippen molar-refractivity contribution in [2.75, 3.05) is 0 Å². The third-order valence-electron chi connectivity index (χ3n) is 1.80. The summed E-state index contributed by atoms with van der Waals surface area (Å²) in [5.41, 5.74) is 0.494. The third-order valence-corrected chi connectivity index (χ3v) is 1.80. The van der Waals surface area contributed by atoms with E-state index in [0.717, 1.165) is 10.8 Å². The number of nitrogens with zero attached hydrogens (tertiary/aromatic N) is 2. The second kappa shape index (κ2) is 2.63. The SMILES string of the molecule is N#[N+]c1[c]ccc2ccccc12. The molecule has 0 spiro atoms. The lowest BCUT2D eigenvalue weighted by atomic mass is 10.1. The van der Waals surface area contributed by atoms with Gasteiger partial charge in [-0.1, -0.05) is 24.3 Å².